The molecule has 0 saturated carbocycles. The Bertz CT molecular complexity index is 1260. The van der Waals surface area contributed by atoms with Crippen molar-refractivity contribution in [1.82, 2.24) is 15.0 Å². The van der Waals surface area contributed by atoms with Crippen molar-refractivity contribution >= 4 is 32.7 Å². The molecular formula is C21H13N3O. The molecule has 2 aromatic carbocycles. The number of phenolic OH excluding ortho intramolecular Hbond substituents is 1. The molecule has 118 valence electrons. The van der Waals surface area contributed by atoms with E-state index in [4.69, 9.17) is 0 Å². The van der Waals surface area contributed by atoms with Crippen LogP contribution in [0.4, 0.5) is 0 Å². The minimum Gasteiger partial charge on any atom is -0.506 e. The van der Waals surface area contributed by atoms with Crippen molar-refractivity contribution in [3.8, 4) is 16.9 Å². The Hall–Kier alpha value is -3.53. The molecular weight excluding hydrogens is 310 g/mol. The van der Waals surface area contributed by atoms with E-state index in [2.05, 4.69) is 27.1 Å². The second-order valence-electron chi connectivity index (χ2n) is 5.93. The van der Waals surface area contributed by atoms with Crippen LogP contribution in [0.5, 0.6) is 5.75 Å². The largest absolute Gasteiger partial charge is 0.506 e. The van der Waals surface area contributed by atoms with Crippen molar-refractivity contribution in [3.63, 3.8) is 0 Å². The Morgan fingerprint density at radius 3 is 2.20 bits per heavy atom. The maximum absolute atomic E-state index is 10.1. The van der Waals surface area contributed by atoms with Gasteiger partial charge in [0, 0.05) is 34.7 Å². The van der Waals surface area contributed by atoms with Gasteiger partial charge >= 0.3 is 0 Å². The van der Waals surface area contributed by atoms with Crippen LogP contribution < -0.4 is 0 Å². The topological polar surface area (TPSA) is 58.9 Å². The van der Waals surface area contributed by atoms with E-state index in [0.29, 0.717) is 5.52 Å². The molecule has 0 aliphatic carbocycles. The van der Waals surface area contributed by atoms with Crippen molar-refractivity contribution in [2.24, 2.45) is 0 Å². The van der Waals surface area contributed by atoms with Crippen molar-refractivity contribution in [2.75, 3.05) is 0 Å². The average molecular weight is 323 g/mol. The van der Waals surface area contributed by atoms with Gasteiger partial charge in [-0.15, -0.1) is 0 Å². The lowest BCUT2D eigenvalue weighted by Crippen LogP contribution is -1.89. The van der Waals surface area contributed by atoms with Gasteiger partial charge < -0.3 is 5.11 Å². The van der Waals surface area contributed by atoms with Crippen LogP contribution in [0.3, 0.4) is 0 Å². The molecule has 4 nitrogen and oxygen atoms in total. The number of aromatic nitrogens is 3. The van der Waals surface area contributed by atoms with E-state index in [0.717, 1.165) is 38.3 Å². The average Bonchev–Trinajstić information content (AvgIpc) is 2.68. The van der Waals surface area contributed by atoms with E-state index < -0.39 is 0 Å². The Morgan fingerprint density at radius 1 is 0.560 bits per heavy atom. The Labute approximate surface area is 143 Å². The molecule has 25 heavy (non-hydrogen) atoms. The molecule has 0 radical (unpaired) electrons. The summed E-state index contributed by atoms with van der Waals surface area (Å²) in [4.78, 5) is 13.4. The smallest absolute Gasteiger partial charge is 0.141 e. The third-order valence-corrected chi connectivity index (χ3v) is 4.52. The zero-order valence-electron chi connectivity index (χ0n) is 13.2. The van der Waals surface area contributed by atoms with E-state index in [1.165, 1.54) is 0 Å². The number of fused-ring (bicyclic) bond motifs is 4. The zero-order chi connectivity index (χ0) is 16.8. The molecule has 1 N–H and O–H groups in total. The molecule has 3 aromatic heterocycles. The molecule has 5 rings (SSSR count). The maximum atomic E-state index is 10.1. The monoisotopic (exact) mass is 323 g/mol. The lowest BCUT2D eigenvalue weighted by molar-refractivity contribution is 0.480. The molecule has 0 aliphatic heterocycles. The first-order valence-corrected chi connectivity index (χ1v) is 8.02. The summed E-state index contributed by atoms with van der Waals surface area (Å²) in [5, 5.41) is 13.1. The predicted molar refractivity (Wildman–Crippen MR) is 99.4 cm³/mol. The third kappa shape index (κ3) is 2.04. The van der Waals surface area contributed by atoms with Crippen LogP contribution >= 0.6 is 0 Å². The second-order valence-corrected chi connectivity index (χ2v) is 5.93. The second kappa shape index (κ2) is 5.24. The van der Waals surface area contributed by atoms with E-state index >= 15 is 0 Å². The van der Waals surface area contributed by atoms with E-state index in [-0.39, 0.29) is 5.75 Å². The molecule has 0 saturated heterocycles. The fraction of sp³-hybridized carbons (Fsp3) is 0. The fourth-order valence-electron chi connectivity index (χ4n) is 3.38. The summed E-state index contributed by atoms with van der Waals surface area (Å²) < 4.78 is 0. The van der Waals surface area contributed by atoms with Crippen LogP contribution in [0, 0.1) is 0 Å². The van der Waals surface area contributed by atoms with Gasteiger partial charge in [0.2, 0.25) is 0 Å². The SMILES string of the molecule is Oc1ccc(-c2ccnc3c2ccc2cccnc23)c2cccnc12. The van der Waals surface area contributed by atoms with Gasteiger partial charge in [-0.3, -0.25) is 15.0 Å². The molecule has 0 bridgehead atoms. The Morgan fingerprint density at radius 2 is 1.28 bits per heavy atom. The highest BCUT2D eigenvalue weighted by Gasteiger charge is 2.12. The number of hydrogen-bond acceptors (Lipinski definition) is 4. The summed E-state index contributed by atoms with van der Waals surface area (Å²) in [7, 11) is 0. The van der Waals surface area contributed by atoms with Crippen LogP contribution in [0.2, 0.25) is 0 Å². The van der Waals surface area contributed by atoms with Gasteiger partial charge in [-0.05, 0) is 41.5 Å². The van der Waals surface area contributed by atoms with Crippen molar-refractivity contribution < 1.29 is 5.11 Å². The molecule has 3 heterocycles. The fourth-order valence-corrected chi connectivity index (χ4v) is 3.38. The lowest BCUT2D eigenvalue weighted by Gasteiger charge is -2.11. The summed E-state index contributed by atoms with van der Waals surface area (Å²) in [6, 6.07) is 17.6. The highest BCUT2D eigenvalue weighted by molar-refractivity contribution is 6.11. The number of nitrogens with zero attached hydrogens (tertiary/aromatic N) is 3. The van der Waals surface area contributed by atoms with Crippen molar-refractivity contribution in [2.45, 2.75) is 0 Å². The van der Waals surface area contributed by atoms with Crippen molar-refractivity contribution in [1.29, 1.82) is 0 Å². The Balaban J connectivity index is 1.91. The molecule has 0 atom stereocenters. The standard InChI is InChI=1S/C21H13N3O/c25-18-8-7-14(16-4-2-11-23-20(16)18)15-9-12-24-21-17(15)6-5-13-3-1-10-22-19(13)21/h1-12,25H. The summed E-state index contributed by atoms with van der Waals surface area (Å²) in [6.45, 7) is 0. The Kier molecular flexibility index (Phi) is 2.91. The molecule has 0 fully saturated rings. The predicted octanol–water partition coefficient (Wildman–Crippen LogP) is 4.70. The molecule has 0 aliphatic rings. The van der Waals surface area contributed by atoms with Crippen LogP contribution in [-0.2, 0) is 0 Å². The van der Waals surface area contributed by atoms with Crippen LogP contribution in [0.25, 0.3) is 43.8 Å². The first-order valence-electron chi connectivity index (χ1n) is 8.02. The van der Waals surface area contributed by atoms with E-state index in [9.17, 15) is 5.11 Å². The number of pyridine rings is 3. The first kappa shape index (κ1) is 13.9. The molecule has 4 heteroatoms. The van der Waals surface area contributed by atoms with Crippen LogP contribution in [0.1, 0.15) is 0 Å². The summed E-state index contributed by atoms with van der Waals surface area (Å²) >= 11 is 0. The van der Waals surface area contributed by atoms with Crippen LogP contribution in [-0.4, -0.2) is 20.1 Å². The minimum atomic E-state index is 0.185. The van der Waals surface area contributed by atoms with Crippen molar-refractivity contribution in [3.05, 3.63) is 73.2 Å². The van der Waals surface area contributed by atoms with Gasteiger partial charge in [0.25, 0.3) is 0 Å². The first-order chi connectivity index (χ1) is 12.3. The van der Waals surface area contributed by atoms with Gasteiger partial charge in [0.15, 0.2) is 0 Å². The quantitative estimate of drug-likeness (QED) is 0.454. The number of phenols is 1. The third-order valence-electron chi connectivity index (χ3n) is 4.52. The number of benzene rings is 2. The van der Waals surface area contributed by atoms with Crippen LogP contribution in [0.15, 0.2) is 73.2 Å². The van der Waals surface area contributed by atoms with Gasteiger partial charge in [0.05, 0.1) is 11.0 Å². The minimum absolute atomic E-state index is 0.185. The molecule has 0 spiro atoms. The summed E-state index contributed by atoms with van der Waals surface area (Å²) in [5.74, 6) is 0.185. The molecule has 0 amide bonds. The lowest BCUT2D eigenvalue weighted by atomic mass is 9.96. The van der Waals surface area contributed by atoms with Gasteiger partial charge in [-0.2, -0.15) is 0 Å². The summed E-state index contributed by atoms with van der Waals surface area (Å²) in [5.41, 5.74) is 4.44. The normalized spacial score (nSPS) is 11.4. The molecule has 0 unspecified atom stereocenters. The van der Waals surface area contributed by atoms with Gasteiger partial charge in [-0.1, -0.05) is 24.3 Å². The van der Waals surface area contributed by atoms with Gasteiger partial charge in [-0.25, -0.2) is 0 Å². The summed E-state index contributed by atoms with van der Waals surface area (Å²) in [6.07, 6.45) is 5.28. The maximum Gasteiger partial charge on any atom is 0.141 e. The van der Waals surface area contributed by atoms with E-state index in [1.807, 2.05) is 36.4 Å². The number of aromatic hydroxyl groups is 1. The molecule has 5 aromatic rings. The highest BCUT2D eigenvalue weighted by atomic mass is 16.3. The highest BCUT2D eigenvalue weighted by Crippen LogP contribution is 2.36. The zero-order valence-corrected chi connectivity index (χ0v) is 13.2. The van der Waals surface area contributed by atoms with Gasteiger partial charge in [0.1, 0.15) is 11.3 Å². The number of hydrogen-bond donors (Lipinski definition) is 1. The van der Waals surface area contributed by atoms with E-state index in [1.54, 1.807) is 24.7 Å². The number of rotatable bonds is 1.